The van der Waals surface area contributed by atoms with Gasteiger partial charge in [-0.3, -0.25) is 0 Å². The lowest BCUT2D eigenvalue weighted by Crippen LogP contribution is -2.15. The highest BCUT2D eigenvalue weighted by Gasteiger charge is 2.10. The van der Waals surface area contributed by atoms with E-state index in [0.29, 0.717) is 13.2 Å². The van der Waals surface area contributed by atoms with Crippen LogP contribution in [0.15, 0.2) is 18.2 Å². The van der Waals surface area contributed by atoms with Gasteiger partial charge in [-0.1, -0.05) is 0 Å². The van der Waals surface area contributed by atoms with Crippen LogP contribution in [0.1, 0.15) is 0 Å². The van der Waals surface area contributed by atoms with Crippen molar-refractivity contribution in [3.63, 3.8) is 0 Å². The van der Waals surface area contributed by atoms with Crippen molar-refractivity contribution in [3.8, 4) is 11.5 Å². The molecule has 2 rings (SSSR count). The van der Waals surface area contributed by atoms with Gasteiger partial charge in [0.05, 0.1) is 0 Å². The molecular weight excluding hydrogens is 164 g/mol. The maximum atomic E-state index is 5.39. The summed E-state index contributed by atoms with van der Waals surface area (Å²) in [5.41, 5.74) is 0.895. The van der Waals surface area contributed by atoms with Crippen molar-refractivity contribution in [3.05, 3.63) is 18.2 Å². The molecule has 1 aliphatic rings. The number of hydrogen-bond acceptors (Lipinski definition) is 3. The normalized spacial score (nSPS) is 13.5. The molecule has 0 unspecified atom stereocenters. The van der Waals surface area contributed by atoms with E-state index in [0.717, 1.165) is 17.2 Å². The number of rotatable bonds is 2. The van der Waals surface area contributed by atoms with Gasteiger partial charge in [-0.2, -0.15) is 0 Å². The van der Waals surface area contributed by atoms with E-state index in [2.05, 4.69) is 5.23 Å². The van der Waals surface area contributed by atoms with Gasteiger partial charge in [0, 0.05) is 19.5 Å². The van der Waals surface area contributed by atoms with E-state index in [1.54, 1.807) is 0 Å². The molecular formula is C8H8B2NO2. The van der Waals surface area contributed by atoms with Gasteiger partial charge in [0.1, 0.15) is 13.2 Å². The number of hydrogen-bond donors (Lipinski definition) is 1. The molecule has 1 heterocycles. The molecule has 0 aliphatic carbocycles. The van der Waals surface area contributed by atoms with Crippen LogP contribution in [0.25, 0.3) is 0 Å². The molecule has 1 aromatic rings. The Morgan fingerprint density at radius 1 is 1.23 bits per heavy atom. The summed E-state index contributed by atoms with van der Waals surface area (Å²) in [4.78, 5) is 0. The number of benzene rings is 1. The van der Waals surface area contributed by atoms with Crippen molar-refractivity contribution in [2.45, 2.75) is 0 Å². The number of nitrogens with one attached hydrogen (secondary N) is 1. The fourth-order valence-corrected chi connectivity index (χ4v) is 1.23. The molecule has 0 spiro atoms. The van der Waals surface area contributed by atoms with Crippen LogP contribution in [-0.2, 0) is 0 Å². The van der Waals surface area contributed by atoms with Crippen LogP contribution in [0.5, 0.6) is 11.5 Å². The van der Waals surface area contributed by atoms with Crippen molar-refractivity contribution in [1.82, 2.24) is 0 Å². The predicted molar refractivity (Wildman–Crippen MR) is 52.6 cm³/mol. The van der Waals surface area contributed by atoms with Crippen LogP contribution in [0.2, 0.25) is 0 Å². The van der Waals surface area contributed by atoms with Gasteiger partial charge >= 0.3 is 0 Å². The molecule has 0 atom stereocenters. The van der Waals surface area contributed by atoms with Gasteiger partial charge in [-0.05, 0) is 12.1 Å². The van der Waals surface area contributed by atoms with E-state index in [1.807, 2.05) is 18.2 Å². The maximum Gasteiger partial charge on any atom is 0.180 e. The molecule has 1 aromatic carbocycles. The molecule has 1 N–H and O–H groups in total. The molecule has 0 aromatic heterocycles. The standard InChI is InChI=1S/C8H8B2NO2/c9-10-11-6-1-2-7-8(5-6)13-4-3-12-7/h1-2,5,11H,3-4H2. The van der Waals surface area contributed by atoms with Crippen LogP contribution >= 0.6 is 0 Å². The number of anilines is 1. The minimum Gasteiger partial charge on any atom is -0.486 e. The molecule has 63 valence electrons. The smallest absolute Gasteiger partial charge is 0.180 e. The Balaban J connectivity index is 2.24. The van der Waals surface area contributed by atoms with E-state index in [1.165, 1.54) is 7.31 Å². The largest absolute Gasteiger partial charge is 0.486 e. The van der Waals surface area contributed by atoms with E-state index in [4.69, 9.17) is 17.2 Å². The van der Waals surface area contributed by atoms with Crippen molar-refractivity contribution in [2.24, 2.45) is 0 Å². The first-order chi connectivity index (χ1) is 6.40. The maximum absolute atomic E-state index is 5.39. The highest BCUT2D eigenvalue weighted by atomic mass is 16.6. The third-order valence-corrected chi connectivity index (χ3v) is 1.79. The van der Waals surface area contributed by atoms with Crippen molar-refractivity contribution in [1.29, 1.82) is 0 Å². The van der Waals surface area contributed by atoms with Crippen molar-refractivity contribution in [2.75, 3.05) is 18.4 Å². The van der Waals surface area contributed by atoms with Crippen LogP contribution in [0, 0.1) is 0 Å². The summed E-state index contributed by atoms with van der Waals surface area (Å²) in [6.45, 7) is 1.21. The summed E-state index contributed by atoms with van der Waals surface area (Å²) in [5.74, 6) is 1.55. The summed E-state index contributed by atoms with van der Waals surface area (Å²) >= 11 is 0. The molecule has 0 saturated carbocycles. The van der Waals surface area contributed by atoms with E-state index >= 15 is 0 Å². The lowest BCUT2D eigenvalue weighted by molar-refractivity contribution is 0.171. The Hall–Kier alpha value is -1.25. The van der Waals surface area contributed by atoms with Gasteiger partial charge in [0.15, 0.2) is 18.8 Å². The first-order valence-corrected chi connectivity index (χ1v) is 4.10. The summed E-state index contributed by atoms with van der Waals surface area (Å²) in [6.07, 6.45) is 0. The second-order valence-electron chi connectivity index (χ2n) is 2.67. The van der Waals surface area contributed by atoms with Crippen LogP contribution in [-0.4, -0.2) is 28.3 Å². The van der Waals surface area contributed by atoms with Crippen molar-refractivity contribution >= 4 is 20.7 Å². The predicted octanol–water partition coefficient (Wildman–Crippen LogP) is 0.572. The first-order valence-electron chi connectivity index (χ1n) is 4.10. The zero-order valence-electron chi connectivity index (χ0n) is 7.12. The minimum atomic E-state index is 0.600. The third-order valence-electron chi connectivity index (χ3n) is 1.79. The highest BCUT2D eigenvalue weighted by molar-refractivity contribution is 6.91. The van der Waals surface area contributed by atoms with Crippen LogP contribution in [0.3, 0.4) is 0 Å². The van der Waals surface area contributed by atoms with Gasteiger partial charge in [0.2, 0.25) is 0 Å². The Morgan fingerprint density at radius 3 is 2.77 bits per heavy atom. The number of fused-ring (bicyclic) bond motifs is 1. The fourth-order valence-electron chi connectivity index (χ4n) is 1.23. The second kappa shape index (κ2) is 3.64. The van der Waals surface area contributed by atoms with Gasteiger partial charge < -0.3 is 14.7 Å². The average Bonchev–Trinajstić information content (AvgIpc) is 2.18. The number of ether oxygens (including phenoxy) is 2. The van der Waals surface area contributed by atoms with E-state index < -0.39 is 0 Å². The van der Waals surface area contributed by atoms with E-state index in [-0.39, 0.29) is 0 Å². The minimum absolute atomic E-state index is 0.600. The second-order valence-corrected chi connectivity index (χ2v) is 2.67. The molecule has 0 amide bonds. The van der Waals surface area contributed by atoms with Crippen molar-refractivity contribution < 1.29 is 9.47 Å². The third kappa shape index (κ3) is 1.74. The van der Waals surface area contributed by atoms with Gasteiger partial charge in [-0.25, -0.2) is 0 Å². The van der Waals surface area contributed by atoms with Gasteiger partial charge in [-0.15, -0.1) is 0 Å². The summed E-state index contributed by atoms with van der Waals surface area (Å²) in [5, 5.41) is 2.87. The Labute approximate surface area is 79.1 Å². The Morgan fingerprint density at radius 2 is 2.00 bits per heavy atom. The Kier molecular flexibility index (Phi) is 2.34. The summed E-state index contributed by atoms with van der Waals surface area (Å²) < 4.78 is 10.8. The quantitative estimate of drug-likeness (QED) is 0.661. The molecule has 0 saturated heterocycles. The zero-order chi connectivity index (χ0) is 9.10. The molecule has 1 aliphatic heterocycles. The van der Waals surface area contributed by atoms with Gasteiger partial charge in [0.25, 0.3) is 0 Å². The SMILES string of the molecule is [B][B]Nc1ccc2c(c1)OCCO2. The van der Waals surface area contributed by atoms with E-state index in [9.17, 15) is 0 Å². The molecule has 3 radical (unpaired) electrons. The summed E-state index contributed by atoms with van der Waals surface area (Å²) in [6, 6.07) is 5.61. The lowest BCUT2D eigenvalue weighted by atomic mass is 9.67. The molecule has 0 fully saturated rings. The first kappa shape index (κ1) is 8.35. The molecule has 0 bridgehead atoms. The highest BCUT2D eigenvalue weighted by Crippen LogP contribution is 2.32. The fraction of sp³-hybridized carbons (Fsp3) is 0.250. The lowest BCUT2D eigenvalue weighted by Gasteiger charge is -2.19. The summed E-state index contributed by atoms with van der Waals surface area (Å²) in [7, 11) is 6.61. The van der Waals surface area contributed by atoms with Crippen LogP contribution in [0.4, 0.5) is 5.69 Å². The average molecular weight is 172 g/mol. The topological polar surface area (TPSA) is 30.5 Å². The monoisotopic (exact) mass is 172 g/mol. The van der Waals surface area contributed by atoms with Crippen LogP contribution < -0.4 is 14.7 Å². The molecule has 5 heteroatoms. The molecule has 13 heavy (non-hydrogen) atoms. The Bertz CT molecular complexity index is 306. The molecule has 3 nitrogen and oxygen atoms in total. The zero-order valence-corrected chi connectivity index (χ0v) is 7.12.